The minimum absolute atomic E-state index is 0.0444. The molecule has 0 atom stereocenters. The smallest absolute Gasteiger partial charge is 0.186 e. The molecule has 0 radical (unpaired) electrons. The third kappa shape index (κ3) is 1.77. The Morgan fingerprint density at radius 1 is 1.16 bits per heavy atom. The highest BCUT2D eigenvalue weighted by molar-refractivity contribution is 5.80. The molecule has 0 fully saturated rings. The number of halogens is 2. The van der Waals surface area contributed by atoms with Crippen molar-refractivity contribution in [3.05, 3.63) is 42.0 Å². The Balaban J connectivity index is 2.20. The average molecular weight is 261 g/mol. The summed E-state index contributed by atoms with van der Waals surface area (Å²) in [5.74, 6) is -1.63. The van der Waals surface area contributed by atoms with Crippen LogP contribution in [0.4, 0.5) is 14.5 Å². The summed E-state index contributed by atoms with van der Waals surface area (Å²) in [5.41, 5.74) is 6.66. The highest BCUT2D eigenvalue weighted by Crippen LogP contribution is 2.28. The van der Waals surface area contributed by atoms with E-state index >= 15 is 0 Å². The number of nitrogens with zero attached hydrogens (tertiary/aromatic N) is 1. The van der Waals surface area contributed by atoms with Gasteiger partial charge in [0.15, 0.2) is 11.6 Å². The van der Waals surface area contributed by atoms with E-state index in [0.29, 0.717) is 16.9 Å². The summed E-state index contributed by atoms with van der Waals surface area (Å²) < 4.78 is 26.6. The fourth-order valence-corrected chi connectivity index (χ4v) is 1.86. The molecule has 0 aliphatic heterocycles. The number of fused-ring (bicyclic) bond motifs is 1. The molecule has 0 amide bonds. The second kappa shape index (κ2) is 3.94. The highest BCUT2D eigenvalue weighted by atomic mass is 19.2. The van der Waals surface area contributed by atoms with Crippen molar-refractivity contribution in [3.8, 4) is 17.1 Å². The molecule has 4 N–H and O–H groups in total. The summed E-state index contributed by atoms with van der Waals surface area (Å²) in [6, 6.07) is 6.94. The number of benzene rings is 2. The van der Waals surface area contributed by atoms with Crippen LogP contribution >= 0.6 is 0 Å². The van der Waals surface area contributed by atoms with E-state index in [1.54, 1.807) is 6.07 Å². The zero-order valence-corrected chi connectivity index (χ0v) is 9.61. The lowest BCUT2D eigenvalue weighted by Crippen LogP contribution is -1.88. The molecule has 0 spiro atoms. The molecule has 0 bridgehead atoms. The van der Waals surface area contributed by atoms with Crippen molar-refractivity contribution in [1.82, 2.24) is 9.97 Å². The number of nitrogens with one attached hydrogen (secondary N) is 1. The van der Waals surface area contributed by atoms with E-state index in [0.717, 1.165) is 6.07 Å². The summed E-state index contributed by atoms with van der Waals surface area (Å²) in [6.07, 6.45) is 0. The van der Waals surface area contributed by atoms with E-state index in [-0.39, 0.29) is 17.0 Å². The summed E-state index contributed by atoms with van der Waals surface area (Å²) >= 11 is 0. The molecule has 0 saturated carbocycles. The molecule has 0 aliphatic rings. The molecule has 3 rings (SSSR count). The maximum atomic E-state index is 13.5. The monoisotopic (exact) mass is 261 g/mol. The Morgan fingerprint density at radius 3 is 2.68 bits per heavy atom. The Kier molecular flexibility index (Phi) is 2.38. The first-order valence-electron chi connectivity index (χ1n) is 5.49. The SMILES string of the molecule is Nc1cc(-c2nc3c(F)c(F)ccc3[nH]2)ccc1O. The van der Waals surface area contributed by atoms with Crippen LogP contribution in [0.25, 0.3) is 22.4 Å². The number of aromatic nitrogens is 2. The Bertz CT molecular complexity index is 783. The van der Waals surface area contributed by atoms with Gasteiger partial charge in [-0.05, 0) is 30.3 Å². The third-order valence-electron chi connectivity index (χ3n) is 2.85. The van der Waals surface area contributed by atoms with Crippen LogP contribution in [0.2, 0.25) is 0 Å². The first-order valence-corrected chi connectivity index (χ1v) is 5.49. The van der Waals surface area contributed by atoms with Crippen molar-refractivity contribution in [2.24, 2.45) is 0 Å². The quantitative estimate of drug-likeness (QED) is 0.465. The average Bonchev–Trinajstić information content (AvgIpc) is 2.82. The molecule has 2 aromatic carbocycles. The molecule has 0 saturated heterocycles. The highest BCUT2D eigenvalue weighted by Gasteiger charge is 2.13. The number of nitrogens with two attached hydrogens (primary N) is 1. The van der Waals surface area contributed by atoms with Gasteiger partial charge in [-0.15, -0.1) is 0 Å². The molecule has 19 heavy (non-hydrogen) atoms. The van der Waals surface area contributed by atoms with Crippen molar-refractivity contribution in [1.29, 1.82) is 0 Å². The van der Waals surface area contributed by atoms with Crippen molar-refractivity contribution < 1.29 is 13.9 Å². The van der Waals surface area contributed by atoms with E-state index in [2.05, 4.69) is 9.97 Å². The molecule has 6 heteroatoms. The molecule has 96 valence electrons. The zero-order valence-electron chi connectivity index (χ0n) is 9.61. The molecule has 0 aliphatic carbocycles. The van der Waals surface area contributed by atoms with E-state index in [9.17, 15) is 13.9 Å². The van der Waals surface area contributed by atoms with E-state index in [4.69, 9.17) is 5.73 Å². The fraction of sp³-hybridized carbons (Fsp3) is 0. The van der Waals surface area contributed by atoms with Gasteiger partial charge in [0.2, 0.25) is 0 Å². The summed E-state index contributed by atoms with van der Waals surface area (Å²) in [4.78, 5) is 6.88. The first-order chi connectivity index (χ1) is 9.06. The molecule has 1 aromatic heterocycles. The second-order valence-corrected chi connectivity index (χ2v) is 4.12. The second-order valence-electron chi connectivity index (χ2n) is 4.12. The predicted octanol–water partition coefficient (Wildman–Crippen LogP) is 2.80. The fourth-order valence-electron chi connectivity index (χ4n) is 1.86. The van der Waals surface area contributed by atoms with Crippen LogP contribution in [-0.4, -0.2) is 15.1 Å². The van der Waals surface area contributed by atoms with Crippen molar-refractivity contribution in [2.75, 3.05) is 5.73 Å². The normalized spacial score (nSPS) is 11.1. The predicted molar refractivity (Wildman–Crippen MR) is 67.5 cm³/mol. The third-order valence-corrected chi connectivity index (χ3v) is 2.85. The number of aromatic hydroxyl groups is 1. The largest absolute Gasteiger partial charge is 0.506 e. The minimum atomic E-state index is -0.994. The van der Waals surface area contributed by atoms with E-state index in [1.165, 1.54) is 18.2 Å². The van der Waals surface area contributed by atoms with Crippen LogP contribution in [0.1, 0.15) is 0 Å². The number of hydrogen-bond acceptors (Lipinski definition) is 3. The van der Waals surface area contributed by atoms with Gasteiger partial charge in [0.25, 0.3) is 0 Å². The number of nitrogen functional groups attached to an aromatic ring is 1. The van der Waals surface area contributed by atoms with Gasteiger partial charge >= 0.3 is 0 Å². The molecule has 4 nitrogen and oxygen atoms in total. The summed E-state index contributed by atoms with van der Waals surface area (Å²) in [6.45, 7) is 0. The number of phenolic OH excluding ortho intramolecular Hbond substituents is 1. The van der Waals surface area contributed by atoms with Crippen LogP contribution in [-0.2, 0) is 0 Å². The van der Waals surface area contributed by atoms with Crippen LogP contribution in [0.3, 0.4) is 0 Å². The van der Waals surface area contributed by atoms with Crippen molar-refractivity contribution >= 4 is 16.7 Å². The molecule has 0 unspecified atom stereocenters. The number of imidazole rings is 1. The summed E-state index contributed by atoms with van der Waals surface area (Å²) in [7, 11) is 0. The zero-order chi connectivity index (χ0) is 13.6. The molecule has 3 aromatic rings. The minimum Gasteiger partial charge on any atom is -0.506 e. The first kappa shape index (κ1) is 11.5. The summed E-state index contributed by atoms with van der Waals surface area (Å²) in [5, 5.41) is 9.35. The van der Waals surface area contributed by atoms with Gasteiger partial charge in [0.05, 0.1) is 11.2 Å². The Labute approximate surface area is 106 Å². The maximum Gasteiger partial charge on any atom is 0.186 e. The number of phenols is 1. The van der Waals surface area contributed by atoms with Crippen LogP contribution in [0.5, 0.6) is 5.75 Å². The number of anilines is 1. The van der Waals surface area contributed by atoms with Crippen LogP contribution in [0, 0.1) is 11.6 Å². The van der Waals surface area contributed by atoms with Crippen LogP contribution in [0.15, 0.2) is 30.3 Å². The Morgan fingerprint density at radius 2 is 1.95 bits per heavy atom. The number of rotatable bonds is 1. The van der Waals surface area contributed by atoms with Crippen LogP contribution < -0.4 is 5.73 Å². The molecule has 1 heterocycles. The van der Waals surface area contributed by atoms with Gasteiger partial charge in [0, 0.05) is 5.56 Å². The van der Waals surface area contributed by atoms with Gasteiger partial charge in [-0.1, -0.05) is 0 Å². The number of aromatic amines is 1. The van der Waals surface area contributed by atoms with Gasteiger partial charge in [0.1, 0.15) is 17.1 Å². The molecular weight excluding hydrogens is 252 g/mol. The maximum absolute atomic E-state index is 13.5. The lowest BCUT2D eigenvalue weighted by molar-refractivity contribution is 0.478. The number of H-pyrrole nitrogens is 1. The van der Waals surface area contributed by atoms with E-state index in [1.807, 2.05) is 0 Å². The lowest BCUT2D eigenvalue weighted by atomic mass is 10.2. The van der Waals surface area contributed by atoms with Crippen molar-refractivity contribution in [3.63, 3.8) is 0 Å². The van der Waals surface area contributed by atoms with Crippen molar-refractivity contribution in [2.45, 2.75) is 0 Å². The standard InChI is InChI=1S/C13H9F2N3O/c14-7-2-3-9-12(11(7)15)18-13(17-9)6-1-4-10(19)8(16)5-6/h1-5,19H,16H2,(H,17,18). The van der Waals surface area contributed by atoms with Gasteiger partial charge < -0.3 is 15.8 Å². The van der Waals surface area contributed by atoms with Gasteiger partial charge in [-0.25, -0.2) is 13.8 Å². The van der Waals surface area contributed by atoms with Gasteiger partial charge in [-0.2, -0.15) is 0 Å². The van der Waals surface area contributed by atoms with Gasteiger partial charge in [-0.3, -0.25) is 0 Å². The topological polar surface area (TPSA) is 74.9 Å². The lowest BCUT2D eigenvalue weighted by Gasteiger charge is -2.00. The molecular formula is C13H9F2N3O. The van der Waals surface area contributed by atoms with E-state index < -0.39 is 11.6 Å². The number of hydrogen-bond donors (Lipinski definition) is 3. The Hall–Kier alpha value is -2.63.